The molecule has 0 saturated carbocycles. The number of aromatic hydroxyl groups is 1. The number of nitrogens with zero attached hydrogens (tertiary/aromatic N) is 1. The summed E-state index contributed by atoms with van der Waals surface area (Å²) in [6.45, 7) is 3.89. The van der Waals surface area contributed by atoms with Gasteiger partial charge in [-0.25, -0.2) is 9.69 Å². The van der Waals surface area contributed by atoms with E-state index in [1.54, 1.807) is 44.2 Å². The fourth-order valence-corrected chi connectivity index (χ4v) is 2.75. The first-order valence-corrected chi connectivity index (χ1v) is 8.35. The highest BCUT2D eigenvalue weighted by Crippen LogP contribution is 2.29. The van der Waals surface area contributed by atoms with Gasteiger partial charge in [-0.2, -0.15) is 0 Å². The highest BCUT2D eigenvalue weighted by atomic mass is 16.5. The van der Waals surface area contributed by atoms with Crippen LogP contribution in [0.3, 0.4) is 0 Å². The summed E-state index contributed by atoms with van der Waals surface area (Å²) in [4.78, 5) is 38.3. The third-order valence-electron chi connectivity index (χ3n) is 4.05. The van der Waals surface area contributed by atoms with E-state index >= 15 is 0 Å². The number of anilines is 1. The van der Waals surface area contributed by atoms with E-state index in [9.17, 15) is 19.5 Å². The number of benzene rings is 2. The average Bonchev–Trinajstić information content (AvgIpc) is 2.63. The van der Waals surface area contributed by atoms with Gasteiger partial charge in [0.1, 0.15) is 5.57 Å². The fraction of sp³-hybridized carbons (Fsp3) is 0.150. The van der Waals surface area contributed by atoms with Gasteiger partial charge in [0.15, 0.2) is 11.5 Å². The van der Waals surface area contributed by atoms with E-state index in [4.69, 9.17) is 4.74 Å². The number of amides is 4. The Kier molecular flexibility index (Phi) is 4.94. The summed E-state index contributed by atoms with van der Waals surface area (Å²) in [7, 11) is 0. The van der Waals surface area contributed by atoms with Crippen LogP contribution in [0.1, 0.15) is 18.1 Å². The molecule has 0 spiro atoms. The van der Waals surface area contributed by atoms with Crippen LogP contribution < -0.4 is 15.0 Å². The average molecular weight is 366 g/mol. The number of urea groups is 1. The van der Waals surface area contributed by atoms with E-state index in [0.717, 1.165) is 10.5 Å². The zero-order chi connectivity index (χ0) is 19.6. The Morgan fingerprint density at radius 2 is 1.89 bits per heavy atom. The Morgan fingerprint density at radius 3 is 2.59 bits per heavy atom. The van der Waals surface area contributed by atoms with Crippen molar-refractivity contribution >= 4 is 29.6 Å². The van der Waals surface area contributed by atoms with E-state index in [1.807, 2.05) is 0 Å². The third kappa shape index (κ3) is 3.52. The van der Waals surface area contributed by atoms with Gasteiger partial charge in [0.05, 0.1) is 12.3 Å². The van der Waals surface area contributed by atoms with E-state index in [2.05, 4.69) is 5.32 Å². The zero-order valence-electron chi connectivity index (χ0n) is 14.9. The summed E-state index contributed by atoms with van der Waals surface area (Å²) in [5.41, 5.74) is 1.41. The maximum atomic E-state index is 12.9. The minimum atomic E-state index is -0.794. The number of ether oxygens (including phenoxy) is 1. The lowest BCUT2D eigenvalue weighted by Crippen LogP contribution is -2.54. The van der Waals surface area contributed by atoms with Gasteiger partial charge in [-0.05, 0) is 49.2 Å². The van der Waals surface area contributed by atoms with Crippen molar-refractivity contribution in [3.63, 3.8) is 0 Å². The molecule has 0 aliphatic carbocycles. The smallest absolute Gasteiger partial charge is 0.335 e. The van der Waals surface area contributed by atoms with Crippen molar-refractivity contribution < 1.29 is 24.2 Å². The summed E-state index contributed by atoms with van der Waals surface area (Å²) >= 11 is 0. The second kappa shape index (κ2) is 7.33. The number of aryl methyl sites for hydroxylation is 1. The van der Waals surface area contributed by atoms with Crippen molar-refractivity contribution in [2.24, 2.45) is 0 Å². The number of barbiturate groups is 1. The molecular formula is C20H18N2O5. The van der Waals surface area contributed by atoms with Crippen LogP contribution in [0.25, 0.3) is 6.08 Å². The minimum absolute atomic E-state index is 0.0462. The first kappa shape index (κ1) is 18.2. The first-order valence-electron chi connectivity index (χ1n) is 8.35. The number of imide groups is 2. The Balaban J connectivity index is 2.02. The quantitative estimate of drug-likeness (QED) is 0.641. The first-order chi connectivity index (χ1) is 12.9. The Bertz CT molecular complexity index is 965. The van der Waals surface area contributed by atoms with E-state index in [1.165, 1.54) is 18.2 Å². The zero-order valence-corrected chi connectivity index (χ0v) is 14.9. The van der Waals surface area contributed by atoms with Gasteiger partial charge in [0.25, 0.3) is 11.8 Å². The molecule has 1 aliphatic rings. The molecule has 7 nitrogen and oxygen atoms in total. The number of phenolic OH excluding ortho intramolecular Hbond substituents is 1. The van der Waals surface area contributed by atoms with Crippen LogP contribution in [0.15, 0.2) is 48.0 Å². The lowest BCUT2D eigenvalue weighted by Gasteiger charge is -2.27. The molecule has 1 fully saturated rings. The van der Waals surface area contributed by atoms with Gasteiger partial charge < -0.3 is 9.84 Å². The number of nitrogens with one attached hydrogen (secondary N) is 1. The molecule has 138 valence electrons. The molecule has 0 aromatic heterocycles. The molecule has 27 heavy (non-hydrogen) atoms. The van der Waals surface area contributed by atoms with Crippen molar-refractivity contribution in [3.05, 3.63) is 59.2 Å². The van der Waals surface area contributed by atoms with Crippen molar-refractivity contribution in [2.75, 3.05) is 11.5 Å². The molecule has 0 atom stereocenters. The standard InChI is InChI=1S/C20H18N2O5/c1-3-27-17-11-13(8-9-16(17)23)10-14-18(24)21-20(26)22(19(14)25)15-7-5-4-6-12(15)2/h4-11,23H,3H2,1-2H3,(H,21,24,26)/b14-10+. The lowest BCUT2D eigenvalue weighted by atomic mass is 10.1. The number of carbonyl (C=O) groups excluding carboxylic acids is 3. The molecule has 2 aromatic carbocycles. The molecule has 4 amide bonds. The normalized spacial score (nSPS) is 15.9. The van der Waals surface area contributed by atoms with Gasteiger partial charge in [-0.15, -0.1) is 0 Å². The van der Waals surface area contributed by atoms with E-state index in [0.29, 0.717) is 17.9 Å². The molecular weight excluding hydrogens is 348 g/mol. The molecule has 7 heteroatoms. The number of phenols is 1. The summed E-state index contributed by atoms with van der Waals surface area (Å²) in [5, 5.41) is 12.0. The van der Waals surface area contributed by atoms with Crippen LogP contribution in [0.4, 0.5) is 10.5 Å². The molecule has 0 radical (unpaired) electrons. The predicted octanol–water partition coefficient (Wildman–Crippen LogP) is 2.77. The van der Waals surface area contributed by atoms with E-state index < -0.39 is 17.8 Å². The Hall–Kier alpha value is -3.61. The Morgan fingerprint density at radius 1 is 1.15 bits per heavy atom. The number of carbonyl (C=O) groups is 3. The number of hydrogen-bond acceptors (Lipinski definition) is 5. The molecule has 1 heterocycles. The summed E-state index contributed by atoms with van der Waals surface area (Å²) in [6.07, 6.45) is 1.36. The van der Waals surface area contributed by atoms with Crippen molar-refractivity contribution in [2.45, 2.75) is 13.8 Å². The Labute approximate surface area is 155 Å². The molecule has 1 saturated heterocycles. The minimum Gasteiger partial charge on any atom is -0.504 e. The van der Waals surface area contributed by atoms with Gasteiger partial charge in [-0.1, -0.05) is 24.3 Å². The topological polar surface area (TPSA) is 95.9 Å². The summed E-state index contributed by atoms with van der Waals surface area (Å²) in [5.74, 6) is -1.30. The molecule has 0 bridgehead atoms. The molecule has 3 rings (SSSR count). The van der Waals surface area contributed by atoms with Crippen LogP contribution >= 0.6 is 0 Å². The number of rotatable bonds is 4. The number of hydrogen-bond donors (Lipinski definition) is 2. The number of para-hydroxylation sites is 1. The van der Waals surface area contributed by atoms with E-state index in [-0.39, 0.29) is 17.1 Å². The van der Waals surface area contributed by atoms with Crippen molar-refractivity contribution in [1.82, 2.24) is 5.32 Å². The van der Waals surface area contributed by atoms with Gasteiger partial charge in [-0.3, -0.25) is 14.9 Å². The fourth-order valence-electron chi connectivity index (χ4n) is 2.75. The highest BCUT2D eigenvalue weighted by Gasteiger charge is 2.37. The summed E-state index contributed by atoms with van der Waals surface area (Å²) in [6, 6.07) is 10.6. The highest BCUT2D eigenvalue weighted by molar-refractivity contribution is 6.39. The summed E-state index contributed by atoms with van der Waals surface area (Å²) < 4.78 is 5.31. The molecule has 1 aliphatic heterocycles. The molecule has 2 N–H and O–H groups in total. The predicted molar refractivity (Wildman–Crippen MR) is 99.5 cm³/mol. The third-order valence-corrected chi connectivity index (χ3v) is 4.05. The van der Waals surface area contributed by atoms with Crippen LogP contribution in [0.2, 0.25) is 0 Å². The maximum absolute atomic E-state index is 12.9. The van der Waals surface area contributed by atoms with Crippen LogP contribution in [0.5, 0.6) is 11.5 Å². The van der Waals surface area contributed by atoms with Crippen LogP contribution in [0, 0.1) is 6.92 Å². The molecule has 0 unspecified atom stereocenters. The lowest BCUT2D eigenvalue weighted by molar-refractivity contribution is -0.122. The SMILES string of the molecule is CCOc1cc(/C=C2\C(=O)NC(=O)N(c3ccccc3C)C2=O)ccc1O. The van der Waals surface area contributed by atoms with Gasteiger partial charge in [0.2, 0.25) is 0 Å². The second-order valence-electron chi connectivity index (χ2n) is 5.90. The monoisotopic (exact) mass is 366 g/mol. The maximum Gasteiger partial charge on any atom is 0.335 e. The second-order valence-corrected chi connectivity index (χ2v) is 5.90. The van der Waals surface area contributed by atoms with Crippen LogP contribution in [-0.4, -0.2) is 29.6 Å². The largest absolute Gasteiger partial charge is 0.504 e. The van der Waals surface area contributed by atoms with Crippen molar-refractivity contribution in [1.29, 1.82) is 0 Å². The van der Waals surface area contributed by atoms with Gasteiger partial charge >= 0.3 is 6.03 Å². The van der Waals surface area contributed by atoms with Gasteiger partial charge in [0, 0.05) is 0 Å². The van der Waals surface area contributed by atoms with Crippen molar-refractivity contribution in [3.8, 4) is 11.5 Å². The molecule has 2 aromatic rings. The van der Waals surface area contributed by atoms with Crippen LogP contribution in [-0.2, 0) is 9.59 Å².